The molecule has 5 nitrogen and oxygen atoms in total. The largest absolute Gasteiger partial charge is 0.416 e. The van der Waals surface area contributed by atoms with Gasteiger partial charge in [0.2, 0.25) is 0 Å². The van der Waals surface area contributed by atoms with E-state index in [9.17, 15) is 31.1 Å². The number of morpholine rings is 1. The molecule has 4 rings (SSSR count). The minimum atomic E-state index is -5.06. The third-order valence-corrected chi connectivity index (χ3v) is 7.41. The lowest BCUT2D eigenvalue weighted by Crippen LogP contribution is -2.43. The van der Waals surface area contributed by atoms with Crippen molar-refractivity contribution in [1.82, 2.24) is 9.88 Å². The molecule has 0 bridgehead atoms. The van der Waals surface area contributed by atoms with Gasteiger partial charge in [0.05, 0.1) is 34.6 Å². The van der Waals surface area contributed by atoms with E-state index in [0.717, 1.165) is 25.8 Å². The Hall–Kier alpha value is -2.06. The third kappa shape index (κ3) is 7.08. The molecule has 37 heavy (non-hydrogen) atoms. The Morgan fingerprint density at radius 2 is 1.68 bits per heavy atom. The Labute approximate surface area is 223 Å². The van der Waals surface area contributed by atoms with Crippen molar-refractivity contribution in [3.05, 3.63) is 53.1 Å². The molecule has 2 heterocycles. The number of alkyl halides is 6. The zero-order valence-corrected chi connectivity index (χ0v) is 21.8. The number of carbonyl (C=O) groups is 1. The predicted molar refractivity (Wildman–Crippen MR) is 134 cm³/mol. The Kier molecular flexibility index (Phi) is 9.38. The first-order chi connectivity index (χ1) is 17.0. The summed E-state index contributed by atoms with van der Waals surface area (Å²) < 4.78 is 86.5. The molecule has 14 heteroatoms. The van der Waals surface area contributed by atoms with Crippen LogP contribution in [0.2, 0.25) is 0 Å². The number of fused-ring (bicyclic) bond motifs is 1. The fourth-order valence-corrected chi connectivity index (χ4v) is 5.26. The van der Waals surface area contributed by atoms with Gasteiger partial charge >= 0.3 is 12.4 Å². The van der Waals surface area contributed by atoms with Gasteiger partial charge in [0.25, 0.3) is 5.91 Å². The van der Waals surface area contributed by atoms with Crippen LogP contribution >= 0.6 is 35.5 Å². The monoisotopic (exact) mass is 585 g/mol. The summed E-state index contributed by atoms with van der Waals surface area (Å²) in [6, 6.07) is 6.40. The summed E-state index contributed by atoms with van der Waals surface area (Å²) in [7, 11) is 0. The van der Waals surface area contributed by atoms with E-state index in [4.69, 9.17) is 4.74 Å². The molecular formula is C23H22ClF6N3O2S2. The van der Waals surface area contributed by atoms with Gasteiger partial charge in [-0.25, -0.2) is 4.98 Å². The lowest BCUT2D eigenvalue weighted by atomic mass is 10.0. The summed E-state index contributed by atoms with van der Waals surface area (Å²) in [5.74, 6) is -0.982. The second kappa shape index (κ2) is 11.8. The van der Waals surface area contributed by atoms with Gasteiger partial charge in [-0.2, -0.15) is 26.3 Å². The summed E-state index contributed by atoms with van der Waals surface area (Å²) >= 11 is 2.67. The van der Waals surface area contributed by atoms with Crippen LogP contribution in [0.25, 0.3) is 10.2 Å². The van der Waals surface area contributed by atoms with Gasteiger partial charge in [-0.1, -0.05) is 11.3 Å². The first-order valence-corrected chi connectivity index (χ1v) is 12.9. The van der Waals surface area contributed by atoms with Crippen LogP contribution in [-0.2, 0) is 17.1 Å². The van der Waals surface area contributed by atoms with E-state index in [-0.39, 0.29) is 30.1 Å². The molecule has 1 saturated heterocycles. The summed E-state index contributed by atoms with van der Waals surface area (Å²) in [5.41, 5.74) is -3.20. The number of rotatable bonds is 6. The van der Waals surface area contributed by atoms with Gasteiger partial charge in [0.1, 0.15) is 0 Å². The maximum Gasteiger partial charge on any atom is 0.416 e. The number of halogens is 7. The minimum Gasteiger partial charge on any atom is -0.379 e. The first-order valence-electron chi connectivity index (χ1n) is 10.8. The summed E-state index contributed by atoms with van der Waals surface area (Å²) in [4.78, 5) is 22.1. The van der Waals surface area contributed by atoms with Crippen LogP contribution in [0.3, 0.4) is 0 Å². The number of hydrogen-bond acceptors (Lipinski definition) is 6. The quantitative estimate of drug-likeness (QED) is 0.246. The second-order valence-corrected chi connectivity index (χ2v) is 9.92. The first kappa shape index (κ1) is 29.5. The number of benzene rings is 2. The molecule has 0 spiro atoms. The number of carbonyl (C=O) groups excluding carboxylic acids is 1. The van der Waals surface area contributed by atoms with Gasteiger partial charge < -0.3 is 4.74 Å². The summed E-state index contributed by atoms with van der Waals surface area (Å²) in [5, 5.41) is 0.201. The van der Waals surface area contributed by atoms with E-state index in [1.165, 1.54) is 11.8 Å². The highest BCUT2D eigenvalue weighted by Crippen LogP contribution is 2.37. The molecule has 0 saturated carbocycles. The number of amides is 1. The van der Waals surface area contributed by atoms with Crippen molar-refractivity contribution < 1.29 is 35.9 Å². The Balaban J connectivity index is 0.00000380. The van der Waals surface area contributed by atoms with Crippen molar-refractivity contribution in [3.8, 4) is 0 Å². The van der Waals surface area contributed by atoms with Crippen molar-refractivity contribution in [2.45, 2.75) is 17.2 Å². The standard InChI is InChI=1S/C23H21F6N3O2S2.ClH/c1-35-17-2-3-18-19(13-17)36-21(30-18)32(5-4-31-6-8-34-9-7-31)20(33)14-10-15(22(24,25)26)12-16(11-14)23(27,28)29;/h2-3,10-13H,4-9H2,1H3;1H. The fourth-order valence-electron chi connectivity index (χ4n) is 3.72. The molecule has 0 aliphatic carbocycles. The number of ether oxygens (including phenoxy) is 1. The topological polar surface area (TPSA) is 45.7 Å². The zero-order chi connectivity index (χ0) is 26.1. The predicted octanol–water partition coefficient (Wildman–Crippen LogP) is 6.46. The average molecular weight is 586 g/mol. The Morgan fingerprint density at radius 3 is 2.24 bits per heavy atom. The van der Waals surface area contributed by atoms with Crippen LogP contribution in [0, 0.1) is 0 Å². The SMILES string of the molecule is CSc1ccc2nc(N(CCN3CCOCC3)C(=O)c3cc(C(F)(F)F)cc(C(F)(F)F)c3)sc2c1.Cl. The molecule has 1 fully saturated rings. The van der Waals surface area contributed by atoms with Gasteiger partial charge in [-0.05, 0) is 42.7 Å². The maximum atomic E-state index is 13.5. The highest BCUT2D eigenvalue weighted by molar-refractivity contribution is 7.98. The fraction of sp³-hybridized carbons (Fsp3) is 0.391. The van der Waals surface area contributed by atoms with Crippen LogP contribution in [0.5, 0.6) is 0 Å². The average Bonchev–Trinajstić information content (AvgIpc) is 3.26. The van der Waals surface area contributed by atoms with E-state index >= 15 is 0 Å². The van der Waals surface area contributed by atoms with Crippen LogP contribution < -0.4 is 4.90 Å². The van der Waals surface area contributed by atoms with Crippen LogP contribution in [0.4, 0.5) is 31.5 Å². The molecule has 0 radical (unpaired) electrons. The second-order valence-electron chi connectivity index (χ2n) is 8.04. The van der Waals surface area contributed by atoms with E-state index in [2.05, 4.69) is 4.98 Å². The molecule has 1 aliphatic rings. The number of thioether (sulfide) groups is 1. The number of hydrogen-bond donors (Lipinski definition) is 0. The molecule has 2 aromatic carbocycles. The highest BCUT2D eigenvalue weighted by atomic mass is 35.5. The lowest BCUT2D eigenvalue weighted by Gasteiger charge is -2.29. The Morgan fingerprint density at radius 1 is 1.05 bits per heavy atom. The van der Waals surface area contributed by atoms with E-state index in [1.807, 2.05) is 23.3 Å². The lowest BCUT2D eigenvalue weighted by molar-refractivity contribution is -0.143. The molecule has 0 N–H and O–H groups in total. The van der Waals surface area contributed by atoms with E-state index in [1.54, 1.807) is 6.07 Å². The molecule has 202 valence electrons. The summed E-state index contributed by atoms with van der Waals surface area (Å²) in [6.45, 7) is 2.57. The van der Waals surface area contributed by atoms with Crippen molar-refractivity contribution in [2.24, 2.45) is 0 Å². The van der Waals surface area contributed by atoms with Crippen molar-refractivity contribution >= 4 is 56.8 Å². The number of nitrogens with zero attached hydrogens (tertiary/aromatic N) is 3. The molecule has 1 aromatic heterocycles. The third-order valence-electron chi connectivity index (χ3n) is 5.64. The van der Waals surface area contributed by atoms with Crippen LogP contribution in [0.15, 0.2) is 41.3 Å². The molecule has 3 aromatic rings. The van der Waals surface area contributed by atoms with Crippen molar-refractivity contribution in [3.63, 3.8) is 0 Å². The number of thiazole rings is 1. The number of aromatic nitrogens is 1. The molecule has 1 aliphatic heterocycles. The molecular weight excluding hydrogens is 564 g/mol. The van der Waals surface area contributed by atoms with Gasteiger partial charge in [-0.3, -0.25) is 14.6 Å². The van der Waals surface area contributed by atoms with E-state index < -0.39 is 35.0 Å². The molecule has 0 unspecified atom stereocenters. The van der Waals surface area contributed by atoms with Gasteiger partial charge in [-0.15, -0.1) is 24.2 Å². The van der Waals surface area contributed by atoms with Crippen LogP contribution in [-0.4, -0.2) is 61.4 Å². The van der Waals surface area contributed by atoms with Gasteiger partial charge in [0, 0.05) is 36.6 Å². The Bertz CT molecular complexity index is 1210. The molecule has 0 atom stereocenters. The smallest absolute Gasteiger partial charge is 0.379 e. The van der Waals surface area contributed by atoms with Gasteiger partial charge in [0.15, 0.2) is 5.13 Å². The highest BCUT2D eigenvalue weighted by Gasteiger charge is 2.38. The van der Waals surface area contributed by atoms with Crippen LogP contribution in [0.1, 0.15) is 21.5 Å². The number of anilines is 1. The minimum absolute atomic E-state index is 0. The summed E-state index contributed by atoms with van der Waals surface area (Å²) in [6.07, 6.45) is -8.22. The maximum absolute atomic E-state index is 13.5. The van der Waals surface area contributed by atoms with Crippen molar-refractivity contribution in [2.75, 3.05) is 50.5 Å². The zero-order valence-electron chi connectivity index (χ0n) is 19.4. The van der Waals surface area contributed by atoms with Crippen molar-refractivity contribution in [1.29, 1.82) is 0 Å². The molecule has 1 amide bonds. The van der Waals surface area contributed by atoms with E-state index in [0.29, 0.717) is 50.5 Å². The normalized spacial score (nSPS) is 15.0.